The number of hydrogen-bond donors (Lipinski definition) is 3. The number of aromatic nitrogens is 2. The number of hydrogen-bond acceptors (Lipinski definition) is 4. The molecule has 0 unspecified atom stereocenters. The Balaban J connectivity index is 1.68. The molecule has 146 valence electrons. The van der Waals surface area contributed by atoms with Crippen LogP contribution in [0.5, 0.6) is 5.75 Å². The number of nitrogens with zero attached hydrogens (tertiary/aromatic N) is 2. The van der Waals surface area contributed by atoms with Gasteiger partial charge in [-0.2, -0.15) is 5.10 Å². The molecule has 3 aromatic rings. The fraction of sp³-hybridized carbons (Fsp3) is 0.238. The number of urea groups is 1. The van der Waals surface area contributed by atoms with Gasteiger partial charge in [0.25, 0.3) is 0 Å². The van der Waals surface area contributed by atoms with Crippen molar-refractivity contribution in [3.05, 3.63) is 66.5 Å². The molecule has 28 heavy (non-hydrogen) atoms. The van der Waals surface area contributed by atoms with Gasteiger partial charge in [0.15, 0.2) is 0 Å². The van der Waals surface area contributed by atoms with E-state index in [4.69, 9.17) is 9.84 Å². The fourth-order valence-electron chi connectivity index (χ4n) is 2.86. The average molecular weight is 380 g/mol. The molecule has 0 atom stereocenters. The largest absolute Gasteiger partial charge is 0.497 e. The topological polar surface area (TPSA) is 90.5 Å². The van der Waals surface area contributed by atoms with Crippen LogP contribution >= 0.6 is 0 Å². The second kappa shape index (κ2) is 9.57. The van der Waals surface area contributed by atoms with Gasteiger partial charge in [0.1, 0.15) is 5.75 Å². The maximum Gasteiger partial charge on any atom is 0.322 e. The number of aliphatic hydroxyl groups is 1. The first-order valence-electron chi connectivity index (χ1n) is 9.08. The van der Waals surface area contributed by atoms with Crippen LogP contribution in [-0.4, -0.2) is 46.5 Å². The summed E-state index contributed by atoms with van der Waals surface area (Å²) in [5.41, 5.74) is 3.67. The summed E-state index contributed by atoms with van der Waals surface area (Å²) >= 11 is 0. The third-order valence-electron chi connectivity index (χ3n) is 4.35. The Morgan fingerprint density at radius 3 is 2.71 bits per heavy atom. The lowest BCUT2D eigenvalue weighted by Gasteiger charge is -2.23. The lowest BCUT2D eigenvalue weighted by molar-refractivity contribution is 0.199. The van der Waals surface area contributed by atoms with Crippen molar-refractivity contribution in [3.8, 4) is 16.9 Å². The Hall–Kier alpha value is -3.32. The Morgan fingerprint density at radius 2 is 2.04 bits per heavy atom. The van der Waals surface area contributed by atoms with Gasteiger partial charge < -0.3 is 20.1 Å². The highest BCUT2D eigenvalue weighted by atomic mass is 16.5. The van der Waals surface area contributed by atoms with Crippen molar-refractivity contribution in [2.24, 2.45) is 0 Å². The Bertz CT molecular complexity index is 879. The average Bonchev–Trinajstić information content (AvgIpc) is 3.26. The molecule has 0 saturated heterocycles. The van der Waals surface area contributed by atoms with Gasteiger partial charge in [0.2, 0.25) is 0 Å². The third kappa shape index (κ3) is 5.11. The molecule has 0 saturated carbocycles. The van der Waals surface area contributed by atoms with Crippen LogP contribution in [0.4, 0.5) is 10.5 Å². The van der Waals surface area contributed by atoms with E-state index in [1.807, 2.05) is 54.7 Å². The van der Waals surface area contributed by atoms with Crippen molar-refractivity contribution < 1.29 is 14.6 Å². The molecule has 7 heteroatoms. The minimum atomic E-state index is -0.215. The van der Waals surface area contributed by atoms with Crippen LogP contribution in [0.15, 0.2) is 60.9 Å². The van der Waals surface area contributed by atoms with Gasteiger partial charge in [-0.1, -0.05) is 24.3 Å². The lowest BCUT2D eigenvalue weighted by Crippen LogP contribution is -2.35. The standard InChI is InChI=1S/C21H24N4O3/c1-28-20-5-2-4-16(12-20)15-25(10-3-11-26)21(27)24-19-8-6-17(7-9-19)18-13-22-23-14-18/h2,4-9,12-14,26H,3,10-11,15H2,1H3,(H,22,23)(H,24,27). The highest BCUT2D eigenvalue weighted by Crippen LogP contribution is 2.21. The minimum Gasteiger partial charge on any atom is -0.497 e. The predicted octanol–water partition coefficient (Wildman–Crippen LogP) is 3.50. The zero-order valence-electron chi connectivity index (χ0n) is 15.8. The van der Waals surface area contributed by atoms with Gasteiger partial charge in [-0.05, 0) is 41.8 Å². The number of amides is 2. The molecular weight excluding hydrogens is 356 g/mol. The van der Waals surface area contributed by atoms with Crippen molar-refractivity contribution in [1.82, 2.24) is 15.1 Å². The zero-order valence-corrected chi connectivity index (χ0v) is 15.8. The minimum absolute atomic E-state index is 0.0291. The van der Waals surface area contributed by atoms with E-state index in [-0.39, 0.29) is 12.6 Å². The van der Waals surface area contributed by atoms with Crippen LogP contribution in [0.25, 0.3) is 11.1 Å². The highest BCUT2D eigenvalue weighted by Gasteiger charge is 2.14. The van der Waals surface area contributed by atoms with E-state index in [0.29, 0.717) is 25.2 Å². The summed E-state index contributed by atoms with van der Waals surface area (Å²) in [6.07, 6.45) is 4.08. The first kappa shape index (κ1) is 19.4. The van der Waals surface area contributed by atoms with Crippen molar-refractivity contribution in [3.63, 3.8) is 0 Å². The fourth-order valence-corrected chi connectivity index (χ4v) is 2.86. The number of ether oxygens (including phenoxy) is 1. The van der Waals surface area contributed by atoms with Crippen LogP contribution < -0.4 is 10.1 Å². The normalized spacial score (nSPS) is 10.5. The van der Waals surface area contributed by atoms with Crippen LogP contribution in [0.1, 0.15) is 12.0 Å². The Labute approximate surface area is 164 Å². The Kier molecular flexibility index (Phi) is 6.64. The molecule has 1 heterocycles. The first-order valence-corrected chi connectivity index (χ1v) is 9.08. The van der Waals surface area contributed by atoms with E-state index >= 15 is 0 Å². The van der Waals surface area contributed by atoms with E-state index in [1.165, 1.54) is 0 Å². The lowest BCUT2D eigenvalue weighted by atomic mass is 10.1. The van der Waals surface area contributed by atoms with Gasteiger partial charge in [-0.15, -0.1) is 0 Å². The molecule has 2 aromatic carbocycles. The number of rotatable bonds is 8. The molecule has 0 aliphatic heterocycles. The summed E-state index contributed by atoms with van der Waals surface area (Å²) < 4.78 is 5.25. The van der Waals surface area contributed by atoms with Crippen LogP contribution in [-0.2, 0) is 6.54 Å². The SMILES string of the molecule is COc1cccc(CN(CCCO)C(=O)Nc2ccc(-c3cn[nH]c3)cc2)c1. The second-order valence-corrected chi connectivity index (χ2v) is 6.34. The van der Waals surface area contributed by atoms with Crippen LogP contribution in [0.3, 0.4) is 0 Å². The number of nitrogens with one attached hydrogen (secondary N) is 2. The zero-order chi connectivity index (χ0) is 19.8. The monoisotopic (exact) mass is 380 g/mol. The molecule has 0 aliphatic carbocycles. The smallest absolute Gasteiger partial charge is 0.322 e. The second-order valence-electron chi connectivity index (χ2n) is 6.34. The molecule has 3 N–H and O–H groups in total. The van der Waals surface area contributed by atoms with E-state index in [2.05, 4.69) is 15.5 Å². The summed E-state index contributed by atoms with van der Waals surface area (Å²) in [7, 11) is 1.61. The van der Waals surface area contributed by atoms with Gasteiger partial charge in [-0.25, -0.2) is 4.79 Å². The van der Waals surface area contributed by atoms with Crippen molar-refractivity contribution in [2.75, 3.05) is 25.6 Å². The van der Waals surface area contributed by atoms with Crippen molar-refractivity contribution in [2.45, 2.75) is 13.0 Å². The summed E-state index contributed by atoms with van der Waals surface area (Å²) in [5.74, 6) is 0.745. The molecule has 0 aliphatic rings. The molecular formula is C21H24N4O3. The van der Waals surface area contributed by atoms with Crippen LogP contribution in [0.2, 0.25) is 0 Å². The van der Waals surface area contributed by atoms with E-state index in [1.54, 1.807) is 18.2 Å². The number of methoxy groups -OCH3 is 1. The summed E-state index contributed by atoms with van der Waals surface area (Å²) in [5, 5.41) is 18.8. The number of aliphatic hydroxyl groups excluding tert-OH is 1. The molecule has 0 radical (unpaired) electrons. The number of aromatic amines is 1. The van der Waals surface area contributed by atoms with Gasteiger partial charge in [0.05, 0.1) is 13.3 Å². The van der Waals surface area contributed by atoms with Gasteiger partial charge >= 0.3 is 6.03 Å². The van der Waals surface area contributed by atoms with E-state index in [9.17, 15) is 4.79 Å². The molecule has 0 fully saturated rings. The molecule has 7 nitrogen and oxygen atoms in total. The van der Waals surface area contributed by atoms with Crippen molar-refractivity contribution >= 4 is 11.7 Å². The number of H-pyrrole nitrogens is 1. The number of carbonyl (C=O) groups is 1. The molecule has 3 rings (SSSR count). The molecule has 2 amide bonds. The molecule has 1 aromatic heterocycles. The highest BCUT2D eigenvalue weighted by molar-refractivity contribution is 5.89. The summed E-state index contributed by atoms with van der Waals surface area (Å²) in [6, 6.07) is 15.0. The number of anilines is 1. The summed E-state index contributed by atoms with van der Waals surface area (Å²) in [6.45, 7) is 0.907. The third-order valence-corrected chi connectivity index (χ3v) is 4.35. The Morgan fingerprint density at radius 1 is 1.21 bits per heavy atom. The first-order chi connectivity index (χ1) is 13.7. The van der Waals surface area contributed by atoms with Crippen LogP contribution in [0, 0.1) is 0 Å². The maximum absolute atomic E-state index is 12.8. The maximum atomic E-state index is 12.8. The molecule has 0 bridgehead atoms. The van der Waals surface area contributed by atoms with Gasteiger partial charge in [-0.3, -0.25) is 5.10 Å². The van der Waals surface area contributed by atoms with E-state index < -0.39 is 0 Å². The predicted molar refractivity (Wildman–Crippen MR) is 108 cm³/mol. The van der Waals surface area contributed by atoms with E-state index in [0.717, 1.165) is 22.4 Å². The number of carbonyl (C=O) groups excluding carboxylic acids is 1. The van der Waals surface area contributed by atoms with Crippen molar-refractivity contribution in [1.29, 1.82) is 0 Å². The quantitative estimate of drug-likeness (QED) is 0.558. The number of benzene rings is 2. The molecule has 0 spiro atoms. The summed E-state index contributed by atoms with van der Waals surface area (Å²) in [4.78, 5) is 14.5. The van der Waals surface area contributed by atoms with Gasteiger partial charge in [0, 0.05) is 37.1 Å².